The van der Waals surface area contributed by atoms with Crippen molar-refractivity contribution in [1.82, 2.24) is 10.2 Å². The van der Waals surface area contributed by atoms with E-state index in [0.29, 0.717) is 22.9 Å². The molecule has 1 aliphatic rings. The molecule has 0 saturated carbocycles. The van der Waals surface area contributed by atoms with Gasteiger partial charge in [0.05, 0.1) is 25.1 Å². The van der Waals surface area contributed by atoms with Gasteiger partial charge in [0.25, 0.3) is 5.91 Å². The first kappa shape index (κ1) is 21.1. The van der Waals surface area contributed by atoms with Gasteiger partial charge in [0, 0.05) is 18.1 Å². The zero-order chi connectivity index (χ0) is 22.5. The summed E-state index contributed by atoms with van der Waals surface area (Å²) in [6.07, 6.45) is 0.128. The standard InChI is InChI=1S/C23H23N5O4/c1-3-32-23(30)18-13-19(28(27-18)15-9-5-4-6-10-15)22(29)24-21-14-17(25-26-21)16-11-7-8-12-20(16)31-2/h4-12,14,19H,3,13H2,1-2H3,(H2,24,25,26,29). The van der Waals surface area contributed by atoms with Gasteiger partial charge in [-0.2, -0.15) is 10.2 Å². The van der Waals surface area contributed by atoms with Gasteiger partial charge in [-0.25, -0.2) is 4.79 Å². The molecule has 32 heavy (non-hydrogen) atoms. The monoisotopic (exact) mass is 433 g/mol. The molecule has 0 fully saturated rings. The fourth-order valence-corrected chi connectivity index (χ4v) is 3.47. The minimum Gasteiger partial charge on any atom is -0.496 e. The van der Waals surface area contributed by atoms with E-state index in [1.54, 1.807) is 20.1 Å². The van der Waals surface area contributed by atoms with Gasteiger partial charge in [0.1, 0.15) is 17.5 Å². The first-order valence-corrected chi connectivity index (χ1v) is 10.2. The number of nitrogens with one attached hydrogen (secondary N) is 2. The van der Waals surface area contributed by atoms with Crippen LogP contribution in [0.2, 0.25) is 0 Å². The highest BCUT2D eigenvalue weighted by Crippen LogP contribution is 2.30. The molecule has 0 spiro atoms. The first-order chi connectivity index (χ1) is 15.6. The van der Waals surface area contributed by atoms with Crippen molar-refractivity contribution in [3.63, 3.8) is 0 Å². The van der Waals surface area contributed by atoms with E-state index in [-0.39, 0.29) is 24.6 Å². The topological polar surface area (TPSA) is 109 Å². The number of methoxy groups -OCH3 is 1. The van der Waals surface area contributed by atoms with Gasteiger partial charge >= 0.3 is 5.97 Å². The van der Waals surface area contributed by atoms with E-state index < -0.39 is 12.0 Å². The van der Waals surface area contributed by atoms with E-state index >= 15 is 0 Å². The lowest BCUT2D eigenvalue weighted by atomic mass is 10.1. The van der Waals surface area contributed by atoms with Crippen LogP contribution in [0, 0.1) is 0 Å². The molecule has 1 atom stereocenters. The lowest BCUT2D eigenvalue weighted by molar-refractivity contribution is -0.135. The number of carbonyl (C=O) groups is 2. The van der Waals surface area contributed by atoms with Crippen molar-refractivity contribution >= 4 is 29.1 Å². The van der Waals surface area contributed by atoms with Crippen molar-refractivity contribution in [2.45, 2.75) is 19.4 Å². The van der Waals surface area contributed by atoms with Gasteiger partial charge in [0.2, 0.25) is 0 Å². The summed E-state index contributed by atoms with van der Waals surface area (Å²) in [6, 6.07) is 17.7. The summed E-state index contributed by atoms with van der Waals surface area (Å²) in [7, 11) is 1.59. The van der Waals surface area contributed by atoms with Gasteiger partial charge in [-0.05, 0) is 31.2 Å². The third-order valence-electron chi connectivity index (χ3n) is 4.97. The Kier molecular flexibility index (Phi) is 6.16. The Balaban J connectivity index is 1.54. The van der Waals surface area contributed by atoms with Gasteiger partial charge in [-0.1, -0.05) is 30.3 Å². The van der Waals surface area contributed by atoms with Crippen molar-refractivity contribution in [1.29, 1.82) is 0 Å². The fraction of sp³-hybridized carbons (Fsp3) is 0.217. The minimum atomic E-state index is -0.719. The van der Waals surface area contributed by atoms with Crippen LogP contribution < -0.4 is 15.1 Å². The van der Waals surface area contributed by atoms with Crippen LogP contribution in [0.15, 0.2) is 65.8 Å². The molecule has 1 aliphatic heterocycles. The van der Waals surface area contributed by atoms with Crippen LogP contribution >= 0.6 is 0 Å². The quantitative estimate of drug-likeness (QED) is 0.554. The van der Waals surface area contributed by atoms with Crippen LogP contribution in [0.1, 0.15) is 13.3 Å². The number of H-pyrrole nitrogens is 1. The maximum absolute atomic E-state index is 13.1. The lowest BCUT2D eigenvalue weighted by Gasteiger charge is -2.22. The van der Waals surface area contributed by atoms with E-state index in [9.17, 15) is 9.59 Å². The van der Waals surface area contributed by atoms with Crippen LogP contribution in [-0.4, -0.2) is 47.5 Å². The number of aromatic amines is 1. The maximum atomic E-state index is 13.1. The van der Waals surface area contributed by atoms with Crippen molar-refractivity contribution in [3.8, 4) is 17.0 Å². The molecule has 9 heteroatoms. The first-order valence-electron chi connectivity index (χ1n) is 10.2. The summed E-state index contributed by atoms with van der Waals surface area (Å²) in [4.78, 5) is 25.4. The number of hydrogen-bond acceptors (Lipinski definition) is 7. The number of rotatable bonds is 7. The number of para-hydroxylation sites is 2. The second-order valence-corrected chi connectivity index (χ2v) is 7.02. The molecule has 164 valence electrons. The molecule has 1 amide bonds. The Morgan fingerprint density at radius 2 is 1.91 bits per heavy atom. The molecule has 1 aromatic heterocycles. The van der Waals surface area contributed by atoms with Gasteiger partial charge in [-0.3, -0.25) is 14.9 Å². The zero-order valence-electron chi connectivity index (χ0n) is 17.7. The van der Waals surface area contributed by atoms with E-state index in [0.717, 1.165) is 5.56 Å². The molecule has 0 bridgehead atoms. The molecular formula is C23H23N5O4. The molecule has 2 heterocycles. The van der Waals surface area contributed by atoms with Gasteiger partial charge in [-0.15, -0.1) is 0 Å². The number of hydrogen-bond donors (Lipinski definition) is 2. The lowest BCUT2D eigenvalue weighted by Crippen LogP contribution is -2.38. The SMILES string of the molecule is CCOC(=O)C1=NN(c2ccccc2)C(C(=O)Nc2cc(-c3ccccc3OC)[nH]n2)C1. The Bertz CT molecular complexity index is 1140. The maximum Gasteiger partial charge on any atom is 0.354 e. The number of benzene rings is 2. The normalized spacial score (nSPS) is 15.2. The Labute approximate surface area is 185 Å². The van der Waals surface area contributed by atoms with Crippen molar-refractivity contribution in [3.05, 3.63) is 60.7 Å². The van der Waals surface area contributed by atoms with Crippen LogP contribution in [0.25, 0.3) is 11.3 Å². The Hall–Kier alpha value is -4.14. The highest BCUT2D eigenvalue weighted by Gasteiger charge is 2.37. The summed E-state index contributed by atoms with van der Waals surface area (Å²) < 4.78 is 10.5. The van der Waals surface area contributed by atoms with Gasteiger partial charge in [0.15, 0.2) is 5.82 Å². The molecule has 4 rings (SSSR count). The smallest absolute Gasteiger partial charge is 0.354 e. The van der Waals surface area contributed by atoms with Crippen molar-refractivity contribution in [2.24, 2.45) is 5.10 Å². The summed E-state index contributed by atoms with van der Waals surface area (Å²) in [6.45, 7) is 1.96. The number of aromatic nitrogens is 2. The zero-order valence-corrected chi connectivity index (χ0v) is 17.7. The average Bonchev–Trinajstić information content (AvgIpc) is 3.47. The average molecular weight is 433 g/mol. The third kappa shape index (κ3) is 4.31. The molecule has 2 aromatic carbocycles. The highest BCUT2D eigenvalue weighted by molar-refractivity contribution is 6.38. The second-order valence-electron chi connectivity index (χ2n) is 7.02. The molecule has 0 saturated heterocycles. The van der Waals surface area contributed by atoms with Crippen molar-refractivity contribution in [2.75, 3.05) is 24.0 Å². The molecule has 0 aliphatic carbocycles. The van der Waals surface area contributed by atoms with Crippen LogP contribution in [0.5, 0.6) is 5.75 Å². The molecular weight excluding hydrogens is 410 g/mol. The number of amides is 1. The number of hydrazone groups is 1. The van der Waals surface area contributed by atoms with E-state index in [2.05, 4.69) is 20.6 Å². The molecule has 1 unspecified atom stereocenters. The Morgan fingerprint density at radius 1 is 1.16 bits per heavy atom. The number of carbonyl (C=O) groups excluding carboxylic acids is 2. The predicted octanol–water partition coefficient (Wildman–Crippen LogP) is 3.22. The third-order valence-corrected chi connectivity index (χ3v) is 4.97. The van der Waals surface area contributed by atoms with E-state index in [1.165, 1.54) is 5.01 Å². The summed E-state index contributed by atoms with van der Waals surface area (Å²) in [5.41, 5.74) is 2.42. The summed E-state index contributed by atoms with van der Waals surface area (Å²) in [5.74, 6) is 0.179. The van der Waals surface area contributed by atoms with Crippen LogP contribution in [-0.2, 0) is 14.3 Å². The number of anilines is 2. The van der Waals surface area contributed by atoms with Crippen LogP contribution in [0.4, 0.5) is 11.5 Å². The number of ether oxygens (including phenoxy) is 2. The molecule has 3 aromatic rings. The molecule has 2 N–H and O–H groups in total. The largest absolute Gasteiger partial charge is 0.496 e. The number of nitrogens with zero attached hydrogens (tertiary/aromatic N) is 3. The molecule has 9 nitrogen and oxygen atoms in total. The Morgan fingerprint density at radius 3 is 2.66 bits per heavy atom. The molecule has 0 radical (unpaired) electrons. The summed E-state index contributed by atoms with van der Waals surface area (Å²) in [5, 5.41) is 15.8. The van der Waals surface area contributed by atoms with Crippen LogP contribution in [0.3, 0.4) is 0 Å². The van der Waals surface area contributed by atoms with E-state index in [4.69, 9.17) is 9.47 Å². The number of esters is 1. The van der Waals surface area contributed by atoms with Gasteiger partial charge < -0.3 is 14.8 Å². The minimum absolute atomic E-state index is 0.128. The fourth-order valence-electron chi connectivity index (χ4n) is 3.47. The second kappa shape index (κ2) is 9.34. The predicted molar refractivity (Wildman–Crippen MR) is 121 cm³/mol. The van der Waals surface area contributed by atoms with Crippen molar-refractivity contribution < 1.29 is 19.1 Å². The summed E-state index contributed by atoms with van der Waals surface area (Å²) >= 11 is 0. The van der Waals surface area contributed by atoms with E-state index in [1.807, 2.05) is 54.6 Å². The highest BCUT2D eigenvalue weighted by atomic mass is 16.5.